The predicted molar refractivity (Wildman–Crippen MR) is 57.0 cm³/mol. The number of rotatable bonds is 6. The summed E-state index contributed by atoms with van der Waals surface area (Å²) in [6.45, 7) is 6.03. The molecule has 0 spiro atoms. The summed E-state index contributed by atoms with van der Waals surface area (Å²) < 4.78 is 0. The molecule has 0 atom stereocenters. The van der Waals surface area contributed by atoms with E-state index in [4.69, 9.17) is 15.3 Å². The van der Waals surface area contributed by atoms with E-state index in [1.54, 1.807) is 0 Å². The fourth-order valence-corrected chi connectivity index (χ4v) is 1.38. The molecule has 0 fully saturated rings. The summed E-state index contributed by atoms with van der Waals surface area (Å²) in [6, 6.07) is 0. The molecule has 0 saturated carbocycles. The van der Waals surface area contributed by atoms with Gasteiger partial charge in [-0.1, -0.05) is 27.2 Å². The molecule has 3 nitrogen and oxygen atoms in total. The van der Waals surface area contributed by atoms with Gasteiger partial charge in [0.05, 0.1) is 19.8 Å². The SMILES string of the molecule is CC(C)(C)CCCC(CO)(CO)CO. The summed E-state index contributed by atoms with van der Waals surface area (Å²) in [7, 11) is 0. The minimum absolute atomic E-state index is 0.149. The number of aliphatic hydroxyl groups is 3. The number of aliphatic hydroxyl groups excluding tert-OH is 3. The number of hydrogen-bond acceptors (Lipinski definition) is 3. The van der Waals surface area contributed by atoms with Crippen LogP contribution in [0.15, 0.2) is 0 Å². The summed E-state index contributed by atoms with van der Waals surface area (Å²) in [6.07, 6.45) is 2.63. The van der Waals surface area contributed by atoms with E-state index in [1.807, 2.05) is 0 Å². The fraction of sp³-hybridized carbons (Fsp3) is 1.00. The maximum atomic E-state index is 9.09. The van der Waals surface area contributed by atoms with Crippen LogP contribution in [0.2, 0.25) is 0 Å². The van der Waals surface area contributed by atoms with Gasteiger partial charge >= 0.3 is 0 Å². The van der Waals surface area contributed by atoms with Gasteiger partial charge < -0.3 is 15.3 Å². The summed E-state index contributed by atoms with van der Waals surface area (Å²) in [5.41, 5.74) is -0.419. The van der Waals surface area contributed by atoms with Crippen LogP contribution in [0.4, 0.5) is 0 Å². The zero-order valence-electron chi connectivity index (χ0n) is 9.58. The van der Waals surface area contributed by atoms with Crippen molar-refractivity contribution in [1.29, 1.82) is 0 Å². The second-order valence-corrected chi connectivity index (χ2v) is 5.39. The average molecular weight is 204 g/mol. The Kier molecular flexibility index (Phi) is 5.64. The summed E-state index contributed by atoms with van der Waals surface area (Å²) in [4.78, 5) is 0. The topological polar surface area (TPSA) is 60.7 Å². The quantitative estimate of drug-likeness (QED) is 0.608. The van der Waals surface area contributed by atoms with Gasteiger partial charge in [-0.05, 0) is 18.3 Å². The zero-order chi connectivity index (χ0) is 11.2. The van der Waals surface area contributed by atoms with Gasteiger partial charge in [-0.25, -0.2) is 0 Å². The molecule has 3 N–H and O–H groups in total. The normalized spacial score (nSPS) is 13.3. The van der Waals surface area contributed by atoms with Gasteiger partial charge in [0.1, 0.15) is 0 Å². The average Bonchev–Trinajstić information content (AvgIpc) is 2.11. The molecule has 0 aromatic rings. The van der Waals surface area contributed by atoms with E-state index in [2.05, 4.69) is 20.8 Å². The molecule has 14 heavy (non-hydrogen) atoms. The fourth-order valence-electron chi connectivity index (χ4n) is 1.38. The molecule has 3 heteroatoms. The third-order valence-electron chi connectivity index (χ3n) is 2.64. The van der Waals surface area contributed by atoms with Crippen molar-refractivity contribution in [3.8, 4) is 0 Å². The summed E-state index contributed by atoms with van der Waals surface area (Å²) in [5.74, 6) is 0. The van der Waals surface area contributed by atoms with Gasteiger partial charge in [0.15, 0.2) is 0 Å². The molecule has 0 aliphatic rings. The Morgan fingerprint density at radius 2 is 1.21 bits per heavy atom. The highest BCUT2D eigenvalue weighted by atomic mass is 16.3. The van der Waals surface area contributed by atoms with Crippen LogP contribution >= 0.6 is 0 Å². The molecule has 0 aromatic carbocycles. The predicted octanol–water partition coefficient (Wildman–Crippen LogP) is 1.17. The highest BCUT2D eigenvalue weighted by molar-refractivity contribution is 4.77. The second-order valence-electron chi connectivity index (χ2n) is 5.39. The Morgan fingerprint density at radius 1 is 0.786 bits per heavy atom. The van der Waals surface area contributed by atoms with Crippen molar-refractivity contribution >= 4 is 0 Å². The first kappa shape index (κ1) is 13.9. The van der Waals surface area contributed by atoms with Crippen LogP contribution in [0.1, 0.15) is 40.0 Å². The van der Waals surface area contributed by atoms with E-state index in [-0.39, 0.29) is 25.2 Å². The lowest BCUT2D eigenvalue weighted by atomic mass is 9.81. The summed E-state index contributed by atoms with van der Waals surface area (Å²) in [5, 5.41) is 27.3. The molecular formula is C11H24O3. The molecule has 0 amide bonds. The molecule has 0 aliphatic carbocycles. The summed E-state index contributed by atoms with van der Waals surface area (Å²) >= 11 is 0. The molecule has 0 radical (unpaired) electrons. The van der Waals surface area contributed by atoms with Crippen LogP contribution < -0.4 is 0 Å². The monoisotopic (exact) mass is 204 g/mol. The van der Waals surface area contributed by atoms with Gasteiger partial charge in [-0.3, -0.25) is 0 Å². The maximum Gasteiger partial charge on any atom is 0.0531 e. The Hall–Kier alpha value is -0.120. The van der Waals surface area contributed by atoms with Crippen LogP contribution in [-0.4, -0.2) is 35.1 Å². The first-order valence-corrected chi connectivity index (χ1v) is 5.22. The molecule has 0 saturated heterocycles. The van der Waals surface area contributed by atoms with Crippen molar-refractivity contribution in [2.75, 3.05) is 19.8 Å². The minimum Gasteiger partial charge on any atom is -0.396 e. The third-order valence-corrected chi connectivity index (χ3v) is 2.64. The third kappa shape index (κ3) is 4.94. The van der Waals surface area contributed by atoms with Gasteiger partial charge in [0.25, 0.3) is 0 Å². The lowest BCUT2D eigenvalue weighted by molar-refractivity contribution is -0.00366. The molecule has 86 valence electrons. The molecule has 0 heterocycles. The Balaban J connectivity index is 3.95. The van der Waals surface area contributed by atoms with Crippen LogP contribution in [0.25, 0.3) is 0 Å². The van der Waals surface area contributed by atoms with E-state index >= 15 is 0 Å². The van der Waals surface area contributed by atoms with Gasteiger partial charge in [0.2, 0.25) is 0 Å². The van der Waals surface area contributed by atoms with Crippen molar-refractivity contribution in [3.05, 3.63) is 0 Å². The van der Waals surface area contributed by atoms with Crippen LogP contribution in [0.5, 0.6) is 0 Å². The molecular weight excluding hydrogens is 180 g/mol. The highest BCUT2D eigenvalue weighted by Crippen LogP contribution is 2.28. The first-order valence-electron chi connectivity index (χ1n) is 5.22. The highest BCUT2D eigenvalue weighted by Gasteiger charge is 2.27. The van der Waals surface area contributed by atoms with Crippen molar-refractivity contribution in [2.45, 2.75) is 40.0 Å². The first-order chi connectivity index (χ1) is 6.39. The minimum atomic E-state index is -0.689. The van der Waals surface area contributed by atoms with E-state index in [0.29, 0.717) is 6.42 Å². The van der Waals surface area contributed by atoms with Gasteiger partial charge in [-0.2, -0.15) is 0 Å². The van der Waals surface area contributed by atoms with Gasteiger partial charge in [0, 0.05) is 5.41 Å². The van der Waals surface area contributed by atoms with Crippen LogP contribution in [0.3, 0.4) is 0 Å². The van der Waals surface area contributed by atoms with E-state index < -0.39 is 5.41 Å². The second kappa shape index (κ2) is 5.69. The van der Waals surface area contributed by atoms with Crippen LogP contribution in [0, 0.1) is 10.8 Å². The Labute approximate surface area is 86.8 Å². The lowest BCUT2D eigenvalue weighted by Crippen LogP contribution is -2.34. The van der Waals surface area contributed by atoms with Crippen molar-refractivity contribution in [2.24, 2.45) is 10.8 Å². The van der Waals surface area contributed by atoms with E-state index in [9.17, 15) is 0 Å². The molecule has 0 unspecified atom stereocenters. The van der Waals surface area contributed by atoms with Crippen molar-refractivity contribution < 1.29 is 15.3 Å². The Morgan fingerprint density at radius 3 is 1.50 bits per heavy atom. The molecule has 0 aromatic heterocycles. The zero-order valence-corrected chi connectivity index (χ0v) is 9.58. The maximum absolute atomic E-state index is 9.09. The molecule has 0 aliphatic heterocycles. The molecule has 0 bridgehead atoms. The van der Waals surface area contributed by atoms with E-state index in [0.717, 1.165) is 12.8 Å². The number of hydrogen-bond donors (Lipinski definition) is 3. The largest absolute Gasteiger partial charge is 0.396 e. The smallest absolute Gasteiger partial charge is 0.0531 e. The molecule has 0 rings (SSSR count). The van der Waals surface area contributed by atoms with E-state index in [1.165, 1.54) is 0 Å². The standard InChI is InChI=1S/C11H24O3/c1-10(2,3)5-4-6-11(7-12,8-13)9-14/h12-14H,4-9H2,1-3H3. The lowest BCUT2D eigenvalue weighted by Gasteiger charge is -2.28. The van der Waals surface area contributed by atoms with Crippen LogP contribution in [-0.2, 0) is 0 Å². The van der Waals surface area contributed by atoms with Crippen molar-refractivity contribution in [1.82, 2.24) is 0 Å². The Bertz CT molecular complexity index is 137. The van der Waals surface area contributed by atoms with Gasteiger partial charge in [-0.15, -0.1) is 0 Å². The van der Waals surface area contributed by atoms with Crippen molar-refractivity contribution in [3.63, 3.8) is 0 Å².